The lowest BCUT2D eigenvalue weighted by molar-refractivity contribution is -0.128. The first-order chi connectivity index (χ1) is 11.0. The SMILES string of the molecule is CC(C)C(O)CNC(=O)C1CCCCN1Cc1ccc(F)cc1. The summed E-state index contributed by atoms with van der Waals surface area (Å²) >= 11 is 0. The third kappa shape index (κ3) is 5.29. The van der Waals surface area contributed by atoms with Crippen molar-refractivity contribution in [3.63, 3.8) is 0 Å². The van der Waals surface area contributed by atoms with E-state index in [0.29, 0.717) is 6.54 Å². The number of amides is 1. The van der Waals surface area contributed by atoms with Crippen molar-refractivity contribution in [1.29, 1.82) is 0 Å². The molecule has 0 aromatic heterocycles. The molecule has 0 saturated carbocycles. The van der Waals surface area contributed by atoms with Crippen LogP contribution < -0.4 is 5.32 Å². The normalized spacial score (nSPS) is 20.5. The second-order valence-corrected chi connectivity index (χ2v) is 6.67. The van der Waals surface area contributed by atoms with Crippen molar-refractivity contribution in [3.05, 3.63) is 35.6 Å². The molecule has 1 fully saturated rings. The largest absolute Gasteiger partial charge is 0.391 e. The second kappa shape index (κ2) is 8.41. The summed E-state index contributed by atoms with van der Waals surface area (Å²) in [6.45, 7) is 5.65. The number of nitrogens with zero attached hydrogens (tertiary/aromatic N) is 1. The monoisotopic (exact) mass is 322 g/mol. The van der Waals surface area contributed by atoms with Gasteiger partial charge in [-0.05, 0) is 43.0 Å². The highest BCUT2D eigenvalue weighted by molar-refractivity contribution is 5.81. The van der Waals surface area contributed by atoms with E-state index in [1.54, 1.807) is 12.1 Å². The standard InChI is InChI=1S/C18H27FN2O2/c1-13(2)17(22)11-20-18(23)16-5-3-4-10-21(16)12-14-6-8-15(19)9-7-14/h6-9,13,16-17,22H,3-5,10-12H2,1-2H3,(H,20,23). The number of piperidine rings is 1. The molecule has 0 aliphatic carbocycles. The van der Waals surface area contributed by atoms with Gasteiger partial charge in [-0.1, -0.05) is 32.4 Å². The number of carbonyl (C=O) groups is 1. The first-order valence-corrected chi connectivity index (χ1v) is 8.41. The molecule has 1 saturated heterocycles. The molecule has 5 heteroatoms. The number of carbonyl (C=O) groups excluding carboxylic acids is 1. The molecule has 2 unspecified atom stereocenters. The van der Waals surface area contributed by atoms with E-state index in [9.17, 15) is 14.3 Å². The lowest BCUT2D eigenvalue weighted by atomic mass is 10.00. The fraction of sp³-hybridized carbons (Fsp3) is 0.611. The first-order valence-electron chi connectivity index (χ1n) is 8.41. The lowest BCUT2D eigenvalue weighted by Gasteiger charge is -2.35. The average Bonchev–Trinajstić information content (AvgIpc) is 2.54. The fourth-order valence-electron chi connectivity index (χ4n) is 2.86. The number of aliphatic hydroxyl groups excluding tert-OH is 1. The molecule has 128 valence electrons. The van der Waals surface area contributed by atoms with Crippen LogP contribution in [0.2, 0.25) is 0 Å². The predicted octanol–water partition coefficient (Wildman–Crippen LogP) is 2.31. The summed E-state index contributed by atoms with van der Waals surface area (Å²) in [7, 11) is 0. The van der Waals surface area contributed by atoms with Gasteiger partial charge in [0, 0.05) is 13.1 Å². The minimum absolute atomic E-state index is 0.0217. The van der Waals surface area contributed by atoms with E-state index in [1.807, 2.05) is 13.8 Å². The second-order valence-electron chi connectivity index (χ2n) is 6.67. The van der Waals surface area contributed by atoms with Gasteiger partial charge < -0.3 is 10.4 Å². The van der Waals surface area contributed by atoms with Crippen LogP contribution in [0.15, 0.2) is 24.3 Å². The molecule has 1 heterocycles. The van der Waals surface area contributed by atoms with E-state index in [2.05, 4.69) is 10.2 Å². The van der Waals surface area contributed by atoms with Gasteiger partial charge in [0.2, 0.25) is 5.91 Å². The van der Waals surface area contributed by atoms with Crippen molar-refractivity contribution in [1.82, 2.24) is 10.2 Å². The lowest BCUT2D eigenvalue weighted by Crippen LogP contribution is -2.50. The zero-order valence-corrected chi connectivity index (χ0v) is 14.0. The number of nitrogens with one attached hydrogen (secondary N) is 1. The molecule has 4 nitrogen and oxygen atoms in total. The minimum Gasteiger partial charge on any atom is -0.391 e. The van der Waals surface area contributed by atoms with Gasteiger partial charge in [-0.3, -0.25) is 9.69 Å². The Hall–Kier alpha value is -1.46. The van der Waals surface area contributed by atoms with Crippen LogP contribution in [0, 0.1) is 11.7 Å². The van der Waals surface area contributed by atoms with Gasteiger partial charge in [-0.15, -0.1) is 0 Å². The zero-order chi connectivity index (χ0) is 16.8. The van der Waals surface area contributed by atoms with Crippen molar-refractivity contribution >= 4 is 5.91 Å². The van der Waals surface area contributed by atoms with E-state index in [-0.39, 0.29) is 30.2 Å². The molecule has 1 aliphatic rings. The van der Waals surface area contributed by atoms with E-state index in [0.717, 1.165) is 31.4 Å². The fourth-order valence-corrected chi connectivity index (χ4v) is 2.86. The highest BCUT2D eigenvalue weighted by Gasteiger charge is 2.28. The van der Waals surface area contributed by atoms with Crippen LogP contribution in [0.25, 0.3) is 0 Å². The van der Waals surface area contributed by atoms with Gasteiger partial charge in [0.05, 0.1) is 12.1 Å². The third-order valence-corrected chi connectivity index (χ3v) is 4.47. The molecule has 0 radical (unpaired) electrons. The Kier molecular flexibility index (Phi) is 6.54. The van der Waals surface area contributed by atoms with Crippen molar-refractivity contribution in [2.24, 2.45) is 5.92 Å². The third-order valence-electron chi connectivity index (χ3n) is 4.47. The predicted molar refractivity (Wildman–Crippen MR) is 88.3 cm³/mol. The molecule has 0 bridgehead atoms. The van der Waals surface area contributed by atoms with Crippen molar-refractivity contribution in [2.75, 3.05) is 13.1 Å². The number of benzene rings is 1. The zero-order valence-electron chi connectivity index (χ0n) is 14.0. The Morgan fingerprint density at radius 3 is 2.70 bits per heavy atom. The smallest absolute Gasteiger partial charge is 0.237 e. The van der Waals surface area contributed by atoms with Crippen LogP contribution in [-0.2, 0) is 11.3 Å². The van der Waals surface area contributed by atoms with Crippen LogP contribution in [0.5, 0.6) is 0 Å². The van der Waals surface area contributed by atoms with Crippen LogP contribution in [0.1, 0.15) is 38.7 Å². The molecule has 2 N–H and O–H groups in total. The summed E-state index contributed by atoms with van der Waals surface area (Å²) < 4.78 is 13.0. The molecule has 2 rings (SSSR count). The van der Waals surface area contributed by atoms with Crippen molar-refractivity contribution in [2.45, 2.75) is 51.8 Å². The summed E-state index contributed by atoms with van der Waals surface area (Å²) in [6.07, 6.45) is 2.41. The van der Waals surface area contributed by atoms with Crippen LogP contribution in [0.4, 0.5) is 4.39 Å². The summed E-state index contributed by atoms with van der Waals surface area (Å²) in [6, 6.07) is 6.26. The number of hydrogen-bond donors (Lipinski definition) is 2. The first kappa shape index (κ1) is 17.9. The Morgan fingerprint density at radius 1 is 1.35 bits per heavy atom. The van der Waals surface area contributed by atoms with Gasteiger partial charge in [-0.2, -0.15) is 0 Å². The maximum atomic E-state index is 13.0. The number of rotatable bonds is 6. The maximum Gasteiger partial charge on any atom is 0.237 e. The maximum absolute atomic E-state index is 13.0. The van der Waals surface area contributed by atoms with Gasteiger partial charge in [0.25, 0.3) is 0 Å². The average molecular weight is 322 g/mol. The number of likely N-dealkylation sites (tertiary alicyclic amines) is 1. The highest BCUT2D eigenvalue weighted by atomic mass is 19.1. The van der Waals surface area contributed by atoms with Crippen molar-refractivity contribution in [3.8, 4) is 0 Å². The van der Waals surface area contributed by atoms with E-state index < -0.39 is 6.10 Å². The van der Waals surface area contributed by atoms with Gasteiger partial charge in [0.1, 0.15) is 5.82 Å². The summed E-state index contributed by atoms with van der Waals surface area (Å²) in [5.41, 5.74) is 1.01. The summed E-state index contributed by atoms with van der Waals surface area (Å²) in [5.74, 6) is -0.146. The minimum atomic E-state index is -0.520. The Balaban J connectivity index is 1.94. The van der Waals surface area contributed by atoms with Crippen LogP contribution in [0.3, 0.4) is 0 Å². The van der Waals surface area contributed by atoms with Crippen LogP contribution in [-0.4, -0.2) is 41.1 Å². The number of halogens is 1. The van der Waals surface area contributed by atoms with E-state index >= 15 is 0 Å². The van der Waals surface area contributed by atoms with Crippen LogP contribution >= 0.6 is 0 Å². The van der Waals surface area contributed by atoms with Gasteiger partial charge in [-0.25, -0.2) is 4.39 Å². The van der Waals surface area contributed by atoms with E-state index in [4.69, 9.17) is 0 Å². The molecule has 2 atom stereocenters. The number of hydrogen-bond acceptors (Lipinski definition) is 3. The Labute approximate surface area is 137 Å². The molecular weight excluding hydrogens is 295 g/mol. The summed E-state index contributed by atoms with van der Waals surface area (Å²) in [4.78, 5) is 14.6. The Bertz CT molecular complexity index is 504. The quantitative estimate of drug-likeness (QED) is 0.845. The summed E-state index contributed by atoms with van der Waals surface area (Å²) in [5, 5.41) is 12.7. The number of aliphatic hydroxyl groups is 1. The molecule has 1 aromatic carbocycles. The molecule has 0 spiro atoms. The van der Waals surface area contributed by atoms with Gasteiger partial charge in [0.15, 0.2) is 0 Å². The molecule has 1 amide bonds. The van der Waals surface area contributed by atoms with E-state index in [1.165, 1.54) is 12.1 Å². The van der Waals surface area contributed by atoms with Gasteiger partial charge >= 0.3 is 0 Å². The van der Waals surface area contributed by atoms with Crippen molar-refractivity contribution < 1.29 is 14.3 Å². The Morgan fingerprint density at radius 2 is 2.04 bits per heavy atom. The molecule has 1 aromatic rings. The molecular formula is C18H27FN2O2. The highest BCUT2D eigenvalue weighted by Crippen LogP contribution is 2.20. The molecule has 23 heavy (non-hydrogen) atoms. The topological polar surface area (TPSA) is 52.6 Å². The molecule has 1 aliphatic heterocycles.